The van der Waals surface area contributed by atoms with Gasteiger partial charge >= 0.3 is 0 Å². The van der Waals surface area contributed by atoms with Crippen molar-refractivity contribution in [2.45, 2.75) is 56.8 Å². The Morgan fingerprint density at radius 2 is 1.74 bits per heavy atom. The quantitative estimate of drug-likeness (QED) is 0.912. The maximum absolute atomic E-state index is 12.5. The third-order valence-electron chi connectivity index (χ3n) is 4.48. The van der Waals surface area contributed by atoms with Crippen molar-refractivity contribution in [1.82, 2.24) is 5.16 Å². The van der Waals surface area contributed by atoms with Gasteiger partial charge in [0.05, 0.1) is 0 Å². The maximum Gasteiger partial charge on any atom is 0.267 e. The van der Waals surface area contributed by atoms with Crippen LogP contribution in [0.3, 0.4) is 0 Å². The highest BCUT2D eigenvalue weighted by atomic mass is 32.2. The van der Waals surface area contributed by atoms with E-state index in [9.17, 15) is 8.42 Å². The number of benzene rings is 1. The fourth-order valence-electron chi connectivity index (χ4n) is 3.32. The van der Waals surface area contributed by atoms with Crippen molar-refractivity contribution >= 4 is 15.7 Å². The lowest BCUT2D eigenvalue weighted by Crippen LogP contribution is -2.14. The highest BCUT2D eigenvalue weighted by Gasteiger charge is 2.24. The Labute approximate surface area is 137 Å². The molecule has 6 heteroatoms. The molecule has 23 heavy (non-hydrogen) atoms. The van der Waals surface area contributed by atoms with Gasteiger partial charge in [0.1, 0.15) is 5.69 Å². The summed E-state index contributed by atoms with van der Waals surface area (Å²) in [6.07, 6.45) is 6.34. The lowest BCUT2D eigenvalue weighted by atomic mass is 9.84. The zero-order chi connectivity index (χ0) is 16.4. The van der Waals surface area contributed by atoms with Crippen LogP contribution in [0.5, 0.6) is 0 Å². The Morgan fingerprint density at radius 1 is 1.09 bits per heavy atom. The summed E-state index contributed by atoms with van der Waals surface area (Å²) in [5.41, 5.74) is 2.23. The Kier molecular flexibility index (Phi) is 4.43. The van der Waals surface area contributed by atoms with Gasteiger partial charge in [-0.1, -0.05) is 36.6 Å². The standard InChI is InChI=1S/C17H22N2O3S/c1-12-17(13(2)22-18-12)23(20,21)19-16-10-8-15(9-11-16)14-6-4-3-5-7-14/h8-11,14,19H,3-7H2,1-2H3. The molecule has 0 bridgehead atoms. The molecule has 2 aromatic rings. The molecule has 1 aromatic heterocycles. The molecule has 5 nitrogen and oxygen atoms in total. The number of aryl methyl sites for hydroxylation is 2. The predicted octanol–water partition coefficient (Wildman–Crippen LogP) is 4.14. The highest BCUT2D eigenvalue weighted by molar-refractivity contribution is 7.92. The van der Waals surface area contributed by atoms with Gasteiger partial charge < -0.3 is 4.52 Å². The van der Waals surface area contributed by atoms with Crippen molar-refractivity contribution in [2.75, 3.05) is 4.72 Å². The first kappa shape index (κ1) is 16.1. The number of nitrogens with one attached hydrogen (secondary N) is 1. The van der Waals surface area contributed by atoms with Crippen LogP contribution in [0, 0.1) is 13.8 Å². The molecule has 0 aliphatic heterocycles. The van der Waals surface area contributed by atoms with Crippen molar-refractivity contribution in [3.63, 3.8) is 0 Å². The fraction of sp³-hybridized carbons (Fsp3) is 0.471. The summed E-state index contributed by atoms with van der Waals surface area (Å²) >= 11 is 0. The number of hydrogen-bond donors (Lipinski definition) is 1. The SMILES string of the molecule is Cc1noc(C)c1S(=O)(=O)Nc1ccc(C2CCCCC2)cc1. The Balaban J connectivity index is 1.78. The first-order chi connectivity index (χ1) is 11.0. The lowest BCUT2D eigenvalue weighted by molar-refractivity contribution is 0.390. The van der Waals surface area contributed by atoms with Gasteiger partial charge in [0.15, 0.2) is 10.7 Å². The van der Waals surface area contributed by atoms with E-state index < -0.39 is 10.0 Å². The van der Waals surface area contributed by atoms with E-state index in [-0.39, 0.29) is 4.90 Å². The van der Waals surface area contributed by atoms with Crippen molar-refractivity contribution in [1.29, 1.82) is 0 Å². The van der Waals surface area contributed by atoms with Crippen LogP contribution in [-0.4, -0.2) is 13.6 Å². The summed E-state index contributed by atoms with van der Waals surface area (Å²) in [5.74, 6) is 0.908. The largest absolute Gasteiger partial charge is 0.360 e. The van der Waals surface area contributed by atoms with Gasteiger partial charge in [-0.3, -0.25) is 4.72 Å². The Morgan fingerprint density at radius 3 is 2.30 bits per heavy atom. The van der Waals surface area contributed by atoms with E-state index in [1.807, 2.05) is 24.3 Å². The molecular formula is C17H22N2O3S. The molecule has 3 rings (SSSR count). The molecule has 1 aromatic carbocycles. The third-order valence-corrected chi connectivity index (χ3v) is 6.10. The van der Waals surface area contributed by atoms with Gasteiger partial charge in [-0.05, 0) is 50.3 Å². The van der Waals surface area contributed by atoms with Crippen LogP contribution < -0.4 is 4.72 Å². The molecular weight excluding hydrogens is 312 g/mol. The molecule has 0 unspecified atom stereocenters. The first-order valence-corrected chi connectivity index (χ1v) is 9.51. The van der Waals surface area contributed by atoms with Gasteiger partial charge in [0.2, 0.25) is 0 Å². The van der Waals surface area contributed by atoms with Crippen LogP contribution in [0.25, 0.3) is 0 Å². The topological polar surface area (TPSA) is 72.2 Å². The normalized spacial score (nSPS) is 16.4. The summed E-state index contributed by atoms with van der Waals surface area (Å²) in [4.78, 5) is 0.119. The van der Waals surface area contributed by atoms with Gasteiger partial charge in [-0.2, -0.15) is 0 Å². The minimum Gasteiger partial charge on any atom is -0.360 e. The monoisotopic (exact) mass is 334 g/mol. The number of aromatic nitrogens is 1. The predicted molar refractivity (Wildman–Crippen MR) is 89.1 cm³/mol. The molecule has 0 saturated heterocycles. The van der Waals surface area contributed by atoms with E-state index in [1.54, 1.807) is 13.8 Å². The summed E-state index contributed by atoms with van der Waals surface area (Å²) in [7, 11) is -3.68. The first-order valence-electron chi connectivity index (χ1n) is 8.03. The van der Waals surface area contributed by atoms with E-state index in [2.05, 4.69) is 9.88 Å². The van der Waals surface area contributed by atoms with Gasteiger partial charge in [-0.15, -0.1) is 0 Å². The molecule has 1 heterocycles. The molecule has 0 radical (unpaired) electrons. The molecule has 1 fully saturated rings. The molecule has 1 aliphatic rings. The maximum atomic E-state index is 12.5. The molecule has 0 atom stereocenters. The molecule has 0 spiro atoms. The van der Waals surface area contributed by atoms with Gasteiger partial charge in [0, 0.05) is 5.69 Å². The van der Waals surface area contributed by atoms with Crippen molar-refractivity contribution in [3.8, 4) is 0 Å². The van der Waals surface area contributed by atoms with Crippen molar-refractivity contribution < 1.29 is 12.9 Å². The second-order valence-electron chi connectivity index (χ2n) is 6.22. The van der Waals surface area contributed by atoms with E-state index in [4.69, 9.17) is 4.52 Å². The molecule has 1 saturated carbocycles. The third kappa shape index (κ3) is 3.42. The van der Waals surface area contributed by atoms with Gasteiger partial charge in [-0.25, -0.2) is 8.42 Å². The molecule has 0 amide bonds. The molecule has 1 N–H and O–H groups in total. The molecule has 124 valence electrons. The number of hydrogen-bond acceptors (Lipinski definition) is 4. The second kappa shape index (κ2) is 6.35. The summed E-state index contributed by atoms with van der Waals surface area (Å²) < 4.78 is 32.5. The number of anilines is 1. The Hall–Kier alpha value is -1.82. The summed E-state index contributed by atoms with van der Waals surface area (Å²) in [6.45, 7) is 3.22. The number of rotatable bonds is 4. The summed E-state index contributed by atoms with van der Waals surface area (Å²) in [5, 5.41) is 3.71. The average molecular weight is 334 g/mol. The number of sulfonamides is 1. The average Bonchev–Trinajstić information content (AvgIpc) is 2.88. The highest BCUT2D eigenvalue weighted by Crippen LogP contribution is 2.33. The van der Waals surface area contributed by atoms with E-state index in [0.717, 1.165) is 0 Å². The van der Waals surface area contributed by atoms with Crippen LogP contribution in [0.1, 0.15) is 55.0 Å². The van der Waals surface area contributed by atoms with Crippen molar-refractivity contribution in [3.05, 3.63) is 41.3 Å². The minimum atomic E-state index is -3.68. The van der Waals surface area contributed by atoms with Crippen LogP contribution in [0.15, 0.2) is 33.7 Å². The van der Waals surface area contributed by atoms with E-state index in [0.29, 0.717) is 23.1 Å². The lowest BCUT2D eigenvalue weighted by Gasteiger charge is -2.22. The van der Waals surface area contributed by atoms with E-state index in [1.165, 1.54) is 37.7 Å². The Bertz CT molecular complexity index is 753. The van der Waals surface area contributed by atoms with Crippen LogP contribution >= 0.6 is 0 Å². The second-order valence-corrected chi connectivity index (χ2v) is 7.83. The fourth-order valence-corrected chi connectivity index (χ4v) is 4.71. The molecule has 1 aliphatic carbocycles. The summed E-state index contributed by atoms with van der Waals surface area (Å²) in [6, 6.07) is 7.72. The number of nitrogens with zero attached hydrogens (tertiary/aromatic N) is 1. The minimum absolute atomic E-state index is 0.119. The van der Waals surface area contributed by atoms with Crippen LogP contribution in [0.4, 0.5) is 5.69 Å². The zero-order valence-corrected chi connectivity index (χ0v) is 14.3. The van der Waals surface area contributed by atoms with Gasteiger partial charge in [0.25, 0.3) is 10.0 Å². The van der Waals surface area contributed by atoms with Crippen LogP contribution in [0.2, 0.25) is 0 Å². The zero-order valence-electron chi connectivity index (χ0n) is 13.5. The smallest absolute Gasteiger partial charge is 0.267 e. The van der Waals surface area contributed by atoms with Crippen molar-refractivity contribution in [2.24, 2.45) is 0 Å². The van der Waals surface area contributed by atoms with E-state index >= 15 is 0 Å². The van der Waals surface area contributed by atoms with Crippen LogP contribution in [-0.2, 0) is 10.0 Å².